The van der Waals surface area contributed by atoms with E-state index in [0.29, 0.717) is 0 Å². The van der Waals surface area contributed by atoms with Gasteiger partial charge in [-0.3, -0.25) is 0 Å². The van der Waals surface area contributed by atoms with Crippen molar-refractivity contribution < 1.29 is 17.2 Å². The molecule has 1 aromatic carbocycles. The van der Waals surface area contributed by atoms with Gasteiger partial charge in [0.2, 0.25) is 0 Å². The maximum absolute atomic E-state index is 13.0. The third kappa shape index (κ3) is 1.72. The van der Waals surface area contributed by atoms with Gasteiger partial charge in [-0.2, -0.15) is 5.26 Å². The topological polar surface area (TPSA) is 57.9 Å². The van der Waals surface area contributed by atoms with Crippen molar-refractivity contribution in [3.63, 3.8) is 0 Å². The maximum atomic E-state index is 13.0. The molecule has 0 N–H and O–H groups in total. The lowest BCUT2D eigenvalue weighted by molar-refractivity contribution is 0.483. The Morgan fingerprint density at radius 1 is 1.29 bits per heavy atom. The van der Waals surface area contributed by atoms with Crippen LogP contribution in [0.2, 0.25) is 0 Å². The predicted octanol–water partition coefficient (Wildman–Crippen LogP) is 1.24. The summed E-state index contributed by atoms with van der Waals surface area (Å²) >= 11 is 0. The van der Waals surface area contributed by atoms with Gasteiger partial charge in [-0.15, -0.1) is 0 Å². The minimum absolute atomic E-state index is 0.519. The summed E-state index contributed by atoms with van der Waals surface area (Å²) in [5, 5.41) is 8.33. The predicted molar refractivity (Wildman–Crippen MR) is 44.2 cm³/mol. The highest BCUT2D eigenvalue weighted by atomic mass is 32.2. The van der Waals surface area contributed by atoms with Gasteiger partial charge in [0.25, 0.3) is 0 Å². The fourth-order valence-electron chi connectivity index (χ4n) is 0.904. The summed E-state index contributed by atoms with van der Waals surface area (Å²) in [7, 11) is -3.81. The largest absolute Gasteiger partial charge is 0.224 e. The van der Waals surface area contributed by atoms with E-state index < -0.39 is 31.9 Å². The van der Waals surface area contributed by atoms with E-state index in [1.807, 2.05) is 0 Å². The van der Waals surface area contributed by atoms with E-state index in [0.717, 1.165) is 18.4 Å². The highest BCUT2D eigenvalue weighted by Gasteiger charge is 2.19. The van der Waals surface area contributed by atoms with Gasteiger partial charge in [-0.25, -0.2) is 17.2 Å². The number of halogens is 2. The molecular weight excluding hydrogens is 212 g/mol. The summed E-state index contributed by atoms with van der Waals surface area (Å²) in [6.07, 6.45) is 0.761. The summed E-state index contributed by atoms with van der Waals surface area (Å²) in [6, 6.07) is 3.20. The molecule has 0 atom stereocenters. The van der Waals surface area contributed by atoms with E-state index in [-0.39, 0.29) is 0 Å². The third-order valence-electron chi connectivity index (χ3n) is 1.57. The average Bonchev–Trinajstić information content (AvgIpc) is 2.07. The van der Waals surface area contributed by atoms with Crippen LogP contribution in [0.25, 0.3) is 0 Å². The second-order valence-electron chi connectivity index (χ2n) is 2.62. The average molecular weight is 217 g/mol. The van der Waals surface area contributed by atoms with E-state index >= 15 is 0 Å². The van der Waals surface area contributed by atoms with Crippen molar-refractivity contribution in [2.75, 3.05) is 6.26 Å². The van der Waals surface area contributed by atoms with Crippen LogP contribution >= 0.6 is 0 Å². The highest BCUT2D eigenvalue weighted by molar-refractivity contribution is 7.90. The maximum Gasteiger partial charge on any atom is 0.178 e. The molecule has 0 aromatic heterocycles. The smallest absolute Gasteiger partial charge is 0.178 e. The minimum Gasteiger partial charge on any atom is -0.224 e. The van der Waals surface area contributed by atoms with Gasteiger partial charge in [-0.05, 0) is 12.1 Å². The first kappa shape index (κ1) is 10.6. The van der Waals surface area contributed by atoms with Gasteiger partial charge >= 0.3 is 0 Å². The molecular formula is C8H5F2NO2S. The summed E-state index contributed by atoms with van der Waals surface area (Å²) in [5.74, 6) is -2.94. The molecule has 3 nitrogen and oxygen atoms in total. The zero-order valence-electron chi connectivity index (χ0n) is 7.08. The van der Waals surface area contributed by atoms with Crippen LogP contribution in [-0.2, 0) is 9.84 Å². The molecule has 0 unspecified atom stereocenters. The standard InChI is InChI=1S/C8H5F2NO2S/c1-14(12,13)6-3-2-5(4-11)7(9)8(6)10/h2-3H,1H3. The van der Waals surface area contributed by atoms with Crippen molar-refractivity contribution in [1.82, 2.24) is 0 Å². The Balaban J connectivity index is 3.57. The van der Waals surface area contributed by atoms with E-state index in [9.17, 15) is 17.2 Å². The SMILES string of the molecule is CS(=O)(=O)c1ccc(C#N)c(F)c1F. The second-order valence-corrected chi connectivity index (χ2v) is 4.61. The molecule has 6 heteroatoms. The molecule has 74 valence electrons. The first-order chi connectivity index (χ1) is 6.38. The number of nitriles is 1. The van der Waals surface area contributed by atoms with Gasteiger partial charge < -0.3 is 0 Å². The van der Waals surface area contributed by atoms with Crippen LogP contribution in [-0.4, -0.2) is 14.7 Å². The van der Waals surface area contributed by atoms with E-state index in [2.05, 4.69) is 0 Å². The highest BCUT2D eigenvalue weighted by Crippen LogP contribution is 2.19. The molecule has 0 amide bonds. The van der Waals surface area contributed by atoms with Gasteiger partial charge in [0.1, 0.15) is 11.0 Å². The molecule has 1 aromatic rings. The number of hydrogen-bond donors (Lipinski definition) is 0. The number of rotatable bonds is 1. The van der Waals surface area contributed by atoms with E-state index in [1.54, 1.807) is 0 Å². The normalized spacial score (nSPS) is 11.0. The summed E-state index contributed by atoms with van der Waals surface area (Å²) < 4.78 is 47.8. The van der Waals surface area contributed by atoms with Gasteiger partial charge in [-0.1, -0.05) is 0 Å². The summed E-state index contributed by atoms with van der Waals surface area (Å²) in [6.45, 7) is 0. The van der Waals surface area contributed by atoms with Crippen LogP contribution in [0.15, 0.2) is 17.0 Å². The van der Waals surface area contributed by atoms with Gasteiger partial charge in [0.15, 0.2) is 21.5 Å². The Morgan fingerprint density at radius 3 is 2.29 bits per heavy atom. The van der Waals surface area contributed by atoms with Crippen molar-refractivity contribution in [2.45, 2.75) is 4.90 Å². The molecule has 0 fully saturated rings. The summed E-state index contributed by atoms with van der Waals surface area (Å²) in [4.78, 5) is -0.742. The molecule has 0 aliphatic heterocycles. The van der Waals surface area contributed by atoms with Crippen molar-refractivity contribution >= 4 is 9.84 Å². The molecule has 0 spiro atoms. The Hall–Kier alpha value is -1.48. The van der Waals surface area contributed by atoms with Crippen LogP contribution in [0.4, 0.5) is 8.78 Å². The molecule has 0 bridgehead atoms. The fraction of sp³-hybridized carbons (Fsp3) is 0.125. The Morgan fingerprint density at radius 2 is 1.86 bits per heavy atom. The van der Waals surface area contributed by atoms with Gasteiger partial charge in [0.05, 0.1) is 5.56 Å². The van der Waals surface area contributed by atoms with E-state index in [1.165, 1.54) is 6.07 Å². The molecule has 0 aliphatic carbocycles. The molecule has 0 saturated heterocycles. The van der Waals surface area contributed by atoms with Crippen molar-refractivity contribution in [1.29, 1.82) is 5.26 Å². The van der Waals surface area contributed by atoms with Crippen molar-refractivity contribution in [3.05, 3.63) is 29.3 Å². The minimum atomic E-state index is -3.81. The molecule has 0 aliphatic rings. The van der Waals surface area contributed by atoms with E-state index in [4.69, 9.17) is 5.26 Å². The lowest BCUT2D eigenvalue weighted by atomic mass is 10.2. The number of sulfone groups is 1. The molecule has 1 rings (SSSR count). The molecule has 14 heavy (non-hydrogen) atoms. The first-order valence-corrected chi connectivity index (χ1v) is 5.35. The van der Waals surface area contributed by atoms with Gasteiger partial charge in [0, 0.05) is 6.26 Å². The number of benzene rings is 1. The number of nitrogens with zero attached hydrogens (tertiary/aromatic N) is 1. The van der Waals surface area contributed by atoms with Crippen molar-refractivity contribution in [2.24, 2.45) is 0 Å². The Kier molecular flexibility index (Phi) is 2.53. The third-order valence-corrected chi connectivity index (χ3v) is 2.68. The van der Waals surface area contributed by atoms with Crippen LogP contribution < -0.4 is 0 Å². The first-order valence-electron chi connectivity index (χ1n) is 3.46. The van der Waals surface area contributed by atoms with Crippen LogP contribution in [0, 0.1) is 23.0 Å². The lowest BCUT2D eigenvalue weighted by Gasteiger charge is -2.01. The van der Waals surface area contributed by atoms with Crippen LogP contribution in [0.5, 0.6) is 0 Å². The quantitative estimate of drug-likeness (QED) is 0.711. The van der Waals surface area contributed by atoms with Crippen LogP contribution in [0.1, 0.15) is 5.56 Å². The monoisotopic (exact) mass is 217 g/mol. The molecule has 0 saturated carbocycles. The zero-order valence-corrected chi connectivity index (χ0v) is 7.90. The van der Waals surface area contributed by atoms with Crippen molar-refractivity contribution in [3.8, 4) is 6.07 Å². The fourth-order valence-corrected chi connectivity index (χ4v) is 1.63. The second kappa shape index (κ2) is 3.35. The Labute approximate surface area is 79.5 Å². The summed E-state index contributed by atoms with van der Waals surface area (Å²) in [5.41, 5.74) is -0.519. The number of hydrogen-bond acceptors (Lipinski definition) is 3. The molecule has 0 heterocycles. The molecule has 0 radical (unpaired) electrons. The lowest BCUT2D eigenvalue weighted by Crippen LogP contribution is -2.04. The zero-order chi connectivity index (χ0) is 10.9. The Bertz CT molecular complexity index is 517. The van der Waals surface area contributed by atoms with Crippen LogP contribution in [0.3, 0.4) is 0 Å².